The van der Waals surface area contributed by atoms with Crippen LogP contribution in [0.4, 0.5) is 0 Å². The fourth-order valence-corrected chi connectivity index (χ4v) is 2.32. The Kier molecular flexibility index (Phi) is 8.49. The number of nitrogens with one attached hydrogen (secondary N) is 1. The van der Waals surface area contributed by atoms with E-state index in [1.807, 2.05) is 6.92 Å². The molecule has 1 N–H and O–H groups in total. The molecule has 0 aliphatic heterocycles. The minimum absolute atomic E-state index is 0.434. The zero-order valence-electron chi connectivity index (χ0n) is 13.3. The topological polar surface area (TPSA) is 48.3 Å². The zero-order valence-corrected chi connectivity index (χ0v) is 13.3. The van der Waals surface area contributed by atoms with Crippen molar-refractivity contribution in [2.24, 2.45) is 0 Å². The van der Waals surface area contributed by atoms with Crippen LogP contribution in [-0.2, 0) is 22.4 Å². The monoisotopic (exact) mass is 283 g/mol. The van der Waals surface area contributed by atoms with Crippen molar-refractivity contribution in [2.75, 3.05) is 33.5 Å². The first kappa shape index (κ1) is 17.1. The lowest BCUT2D eigenvalue weighted by molar-refractivity contribution is 0.0658. The minimum Gasteiger partial charge on any atom is -0.382 e. The van der Waals surface area contributed by atoms with Crippen LogP contribution in [0.3, 0.4) is 0 Å². The summed E-state index contributed by atoms with van der Waals surface area (Å²) in [5, 5.41) is 8.03. The van der Waals surface area contributed by atoms with E-state index < -0.39 is 0 Å². The maximum absolute atomic E-state index is 5.56. The molecule has 0 amide bonds. The largest absolute Gasteiger partial charge is 0.382 e. The van der Waals surface area contributed by atoms with Gasteiger partial charge >= 0.3 is 0 Å². The fraction of sp³-hybridized carbons (Fsp3) is 0.800. The third-order valence-corrected chi connectivity index (χ3v) is 3.28. The van der Waals surface area contributed by atoms with Crippen molar-refractivity contribution in [2.45, 2.75) is 46.2 Å². The molecule has 0 saturated carbocycles. The van der Waals surface area contributed by atoms with Gasteiger partial charge in [-0.15, -0.1) is 0 Å². The van der Waals surface area contributed by atoms with E-state index in [4.69, 9.17) is 9.47 Å². The predicted octanol–water partition coefficient (Wildman–Crippen LogP) is 1.79. The Hall–Kier alpha value is -0.910. The van der Waals surface area contributed by atoms with Crippen LogP contribution in [0.2, 0.25) is 0 Å². The number of aromatic nitrogens is 2. The number of methoxy groups -OCH3 is 1. The summed E-state index contributed by atoms with van der Waals surface area (Å²) >= 11 is 0. The zero-order chi connectivity index (χ0) is 14.8. The molecular weight excluding hydrogens is 254 g/mol. The highest BCUT2D eigenvalue weighted by atomic mass is 16.5. The van der Waals surface area contributed by atoms with Gasteiger partial charge in [-0.2, -0.15) is 5.10 Å². The standard InChI is InChI=1S/C15H29N3O2/c1-5-16-14(7-8-20-10-9-19-4)12-15-11-13(3)17-18(15)6-2/h11,14,16H,5-10,12H2,1-4H3. The van der Waals surface area contributed by atoms with Crippen molar-refractivity contribution in [1.29, 1.82) is 0 Å². The van der Waals surface area contributed by atoms with Crippen LogP contribution in [0.1, 0.15) is 31.7 Å². The molecule has 1 rings (SSSR count). The van der Waals surface area contributed by atoms with E-state index in [0.29, 0.717) is 19.3 Å². The summed E-state index contributed by atoms with van der Waals surface area (Å²) in [6.07, 6.45) is 2.00. The maximum atomic E-state index is 5.56. The predicted molar refractivity (Wildman–Crippen MR) is 81.1 cm³/mol. The van der Waals surface area contributed by atoms with Crippen LogP contribution >= 0.6 is 0 Å². The number of ether oxygens (including phenoxy) is 2. The minimum atomic E-state index is 0.434. The van der Waals surface area contributed by atoms with Crippen molar-refractivity contribution < 1.29 is 9.47 Å². The van der Waals surface area contributed by atoms with Gasteiger partial charge in [-0.3, -0.25) is 4.68 Å². The van der Waals surface area contributed by atoms with Gasteiger partial charge in [0.05, 0.1) is 18.9 Å². The van der Waals surface area contributed by atoms with E-state index in [9.17, 15) is 0 Å². The first-order chi connectivity index (χ1) is 9.71. The molecule has 1 aromatic heterocycles. The second-order valence-electron chi connectivity index (χ2n) is 4.95. The third kappa shape index (κ3) is 6.03. The highest BCUT2D eigenvalue weighted by Gasteiger charge is 2.12. The van der Waals surface area contributed by atoms with Crippen molar-refractivity contribution in [3.63, 3.8) is 0 Å². The molecule has 0 fully saturated rings. The number of rotatable bonds is 11. The Morgan fingerprint density at radius 1 is 1.30 bits per heavy atom. The lowest BCUT2D eigenvalue weighted by atomic mass is 10.1. The summed E-state index contributed by atoms with van der Waals surface area (Å²) in [7, 11) is 1.69. The van der Waals surface area contributed by atoms with Gasteiger partial charge in [0, 0.05) is 38.4 Å². The molecule has 5 nitrogen and oxygen atoms in total. The Labute approximate surface area is 122 Å². The van der Waals surface area contributed by atoms with E-state index >= 15 is 0 Å². The number of nitrogens with zero attached hydrogens (tertiary/aromatic N) is 2. The summed E-state index contributed by atoms with van der Waals surface area (Å²) in [4.78, 5) is 0. The van der Waals surface area contributed by atoms with Gasteiger partial charge in [0.15, 0.2) is 0 Å². The Morgan fingerprint density at radius 2 is 2.10 bits per heavy atom. The van der Waals surface area contributed by atoms with Gasteiger partial charge in [0.1, 0.15) is 0 Å². The summed E-state index contributed by atoms with van der Waals surface area (Å²) in [6, 6.07) is 2.61. The molecule has 1 heterocycles. The maximum Gasteiger partial charge on any atom is 0.0700 e. The van der Waals surface area contributed by atoms with Crippen LogP contribution in [0.15, 0.2) is 6.07 Å². The Balaban J connectivity index is 2.44. The second-order valence-corrected chi connectivity index (χ2v) is 4.95. The van der Waals surface area contributed by atoms with Crippen molar-refractivity contribution in [3.8, 4) is 0 Å². The summed E-state index contributed by atoms with van der Waals surface area (Å²) in [5.41, 5.74) is 2.39. The van der Waals surface area contributed by atoms with Crippen molar-refractivity contribution in [1.82, 2.24) is 15.1 Å². The molecule has 0 aromatic carbocycles. The quantitative estimate of drug-likeness (QED) is 0.629. The van der Waals surface area contributed by atoms with Gasteiger partial charge in [-0.1, -0.05) is 6.92 Å². The lowest BCUT2D eigenvalue weighted by Gasteiger charge is -2.18. The number of likely N-dealkylation sites (N-methyl/N-ethyl adjacent to an activating group) is 1. The van der Waals surface area contributed by atoms with Crippen molar-refractivity contribution >= 4 is 0 Å². The molecule has 20 heavy (non-hydrogen) atoms. The number of aryl methyl sites for hydroxylation is 2. The Morgan fingerprint density at radius 3 is 2.75 bits per heavy atom. The summed E-state index contributed by atoms with van der Waals surface area (Å²) in [5.74, 6) is 0. The van der Waals surface area contributed by atoms with E-state index in [1.165, 1.54) is 5.69 Å². The molecule has 0 bridgehead atoms. The van der Waals surface area contributed by atoms with Crippen LogP contribution in [0.25, 0.3) is 0 Å². The lowest BCUT2D eigenvalue weighted by Crippen LogP contribution is -2.33. The van der Waals surface area contributed by atoms with Gasteiger partial charge in [-0.05, 0) is 32.9 Å². The number of hydrogen-bond donors (Lipinski definition) is 1. The molecule has 0 spiro atoms. The number of hydrogen-bond acceptors (Lipinski definition) is 4. The van der Waals surface area contributed by atoms with Gasteiger partial charge in [-0.25, -0.2) is 0 Å². The van der Waals surface area contributed by atoms with E-state index in [1.54, 1.807) is 7.11 Å². The molecule has 0 radical (unpaired) electrons. The highest BCUT2D eigenvalue weighted by Crippen LogP contribution is 2.09. The van der Waals surface area contributed by atoms with Crippen LogP contribution < -0.4 is 5.32 Å². The molecule has 1 aromatic rings. The molecular formula is C15H29N3O2. The average Bonchev–Trinajstić information content (AvgIpc) is 2.78. The average molecular weight is 283 g/mol. The fourth-order valence-electron chi connectivity index (χ4n) is 2.32. The summed E-state index contributed by atoms with van der Waals surface area (Å²) < 4.78 is 12.6. The Bertz CT molecular complexity index is 366. The van der Waals surface area contributed by atoms with Crippen molar-refractivity contribution in [3.05, 3.63) is 17.5 Å². The van der Waals surface area contributed by atoms with Gasteiger partial charge in [0.2, 0.25) is 0 Å². The molecule has 1 atom stereocenters. The molecule has 5 heteroatoms. The first-order valence-corrected chi connectivity index (χ1v) is 7.54. The van der Waals surface area contributed by atoms with Crippen LogP contribution in [-0.4, -0.2) is 49.3 Å². The van der Waals surface area contributed by atoms with E-state index in [-0.39, 0.29) is 0 Å². The van der Waals surface area contributed by atoms with Crippen LogP contribution in [0, 0.1) is 6.92 Å². The highest BCUT2D eigenvalue weighted by molar-refractivity contribution is 5.10. The normalized spacial score (nSPS) is 12.8. The second kappa shape index (κ2) is 9.91. The van der Waals surface area contributed by atoms with Gasteiger partial charge in [0.25, 0.3) is 0 Å². The van der Waals surface area contributed by atoms with E-state index in [2.05, 4.69) is 35.0 Å². The third-order valence-electron chi connectivity index (χ3n) is 3.28. The molecule has 116 valence electrons. The van der Waals surface area contributed by atoms with Crippen LogP contribution in [0.5, 0.6) is 0 Å². The smallest absolute Gasteiger partial charge is 0.0700 e. The first-order valence-electron chi connectivity index (χ1n) is 7.54. The summed E-state index contributed by atoms with van der Waals surface area (Å²) in [6.45, 7) is 10.3. The molecule has 0 aliphatic rings. The van der Waals surface area contributed by atoms with Gasteiger partial charge < -0.3 is 14.8 Å². The van der Waals surface area contributed by atoms with E-state index in [0.717, 1.165) is 38.2 Å². The molecule has 1 unspecified atom stereocenters. The molecule has 0 aliphatic carbocycles. The molecule has 0 saturated heterocycles. The SMILES string of the molecule is CCNC(CCOCCOC)Cc1cc(C)nn1CC.